The number of hydrogen-bond acceptors (Lipinski definition) is 7. The summed E-state index contributed by atoms with van der Waals surface area (Å²) in [6.07, 6.45) is 7.61. The number of benzene rings is 1. The minimum absolute atomic E-state index is 0.0265. The maximum Gasteiger partial charge on any atom is 0.229 e. The molecule has 44 heavy (non-hydrogen) atoms. The van der Waals surface area contributed by atoms with Crippen molar-refractivity contribution in [1.82, 2.24) is 24.6 Å². The van der Waals surface area contributed by atoms with Gasteiger partial charge in [0.25, 0.3) is 0 Å². The molecule has 0 bridgehead atoms. The van der Waals surface area contributed by atoms with E-state index in [4.69, 9.17) is 26.1 Å². The van der Waals surface area contributed by atoms with Crippen molar-refractivity contribution in [3.8, 4) is 0 Å². The van der Waals surface area contributed by atoms with Crippen LogP contribution in [0.15, 0.2) is 55.0 Å². The summed E-state index contributed by atoms with van der Waals surface area (Å²) < 4.78 is 8.84. The highest BCUT2D eigenvalue weighted by Crippen LogP contribution is 2.48. The van der Waals surface area contributed by atoms with E-state index in [2.05, 4.69) is 72.4 Å². The molecular formula is C33H40ClN7O2Si. The number of carbonyl (C=O) groups excluding carboxylic acids is 1. The Morgan fingerprint density at radius 1 is 1.07 bits per heavy atom. The van der Waals surface area contributed by atoms with Gasteiger partial charge >= 0.3 is 0 Å². The molecule has 11 heteroatoms. The molecule has 4 aromatic rings. The van der Waals surface area contributed by atoms with Crippen LogP contribution in [0.5, 0.6) is 0 Å². The second-order valence-corrected chi connectivity index (χ2v) is 19.4. The number of amides is 1. The largest absolute Gasteiger partial charge is 0.412 e. The van der Waals surface area contributed by atoms with Crippen LogP contribution in [0.2, 0.25) is 23.2 Å². The van der Waals surface area contributed by atoms with Crippen molar-refractivity contribution < 1.29 is 9.22 Å². The van der Waals surface area contributed by atoms with Gasteiger partial charge in [-0.1, -0.05) is 44.5 Å². The quantitative estimate of drug-likeness (QED) is 0.207. The average molecular weight is 630 g/mol. The number of aromatic nitrogens is 5. The molecule has 1 N–H and O–H groups in total. The molecule has 2 saturated carbocycles. The number of nitrogens with zero attached hydrogens (tertiary/aromatic N) is 6. The van der Waals surface area contributed by atoms with Gasteiger partial charge in [-0.25, -0.2) is 19.5 Å². The molecule has 3 aliphatic rings. The number of rotatable bonds is 8. The van der Waals surface area contributed by atoms with E-state index in [9.17, 15) is 4.79 Å². The molecule has 1 aromatic carbocycles. The van der Waals surface area contributed by atoms with E-state index < -0.39 is 8.32 Å². The van der Waals surface area contributed by atoms with Crippen LogP contribution < -0.4 is 10.2 Å². The monoisotopic (exact) mass is 629 g/mol. The molecule has 9 nitrogen and oxygen atoms in total. The Morgan fingerprint density at radius 3 is 2.64 bits per heavy atom. The maximum atomic E-state index is 13.2. The summed E-state index contributed by atoms with van der Waals surface area (Å²) in [5, 5.41) is 8.70. The van der Waals surface area contributed by atoms with Gasteiger partial charge < -0.3 is 14.6 Å². The predicted molar refractivity (Wildman–Crippen MR) is 175 cm³/mol. The molecule has 4 atom stereocenters. The standard InChI is InChI=1S/C33H40ClN7O2Si/c1-33(2,3)44(4,5)43-23-14-28(27-18-41-30(37-27)12-11-26(39-41)20-9-10-20)40(17-23)31-16-29(35-19-36-31)38-32(42)25-15-24(25)21-7-6-8-22(34)13-21/h6-8,11-13,16,18-20,23-25,28H,9-10,14-15,17H2,1-5H3,(H,35,36,38,42)/t23-,24?,25?,28+/m0/s1. The van der Waals surface area contributed by atoms with Crippen molar-refractivity contribution in [1.29, 1.82) is 0 Å². The Hall–Kier alpha value is -3.34. The molecule has 1 aliphatic heterocycles. The number of nitrogens with one attached hydrogen (secondary N) is 1. The Bertz CT molecular complexity index is 1720. The third-order valence-electron chi connectivity index (χ3n) is 9.83. The van der Waals surface area contributed by atoms with Gasteiger partial charge in [0, 0.05) is 35.9 Å². The molecular weight excluding hydrogens is 590 g/mol. The van der Waals surface area contributed by atoms with Gasteiger partial charge in [-0.3, -0.25) is 4.79 Å². The van der Waals surface area contributed by atoms with Gasteiger partial charge in [0.15, 0.2) is 14.0 Å². The van der Waals surface area contributed by atoms with Crippen LogP contribution in [-0.4, -0.2) is 51.4 Å². The molecule has 4 heterocycles. The number of imidazole rings is 1. The highest BCUT2D eigenvalue weighted by molar-refractivity contribution is 6.74. The van der Waals surface area contributed by atoms with Crippen molar-refractivity contribution in [3.63, 3.8) is 0 Å². The van der Waals surface area contributed by atoms with Crippen molar-refractivity contribution >= 4 is 43.1 Å². The zero-order chi connectivity index (χ0) is 30.8. The zero-order valence-corrected chi connectivity index (χ0v) is 27.8. The third-order valence-corrected chi connectivity index (χ3v) is 14.6. The van der Waals surface area contributed by atoms with E-state index in [1.807, 2.05) is 34.8 Å². The molecule has 2 aliphatic carbocycles. The minimum Gasteiger partial charge on any atom is -0.412 e. The molecule has 1 amide bonds. The lowest BCUT2D eigenvalue weighted by atomic mass is 10.1. The first-order chi connectivity index (χ1) is 20.9. The summed E-state index contributed by atoms with van der Waals surface area (Å²) in [6, 6.07) is 13.8. The molecule has 230 valence electrons. The van der Waals surface area contributed by atoms with Crippen LogP contribution in [0, 0.1) is 5.92 Å². The van der Waals surface area contributed by atoms with Crippen LogP contribution >= 0.6 is 11.6 Å². The van der Waals surface area contributed by atoms with Crippen LogP contribution in [0.25, 0.3) is 5.65 Å². The van der Waals surface area contributed by atoms with Gasteiger partial charge in [-0.05, 0) is 73.1 Å². The maximum absolute atomic E-state index is 13.2. The predicted octanol–water partition coefficient (Wildman–Crippen LogP) is 7.13. The van der Waals surface area contributed by atoms with Crippen molar-refractivity contribution in [2.45, 2.75) is 88.6 Å². The van der Waals surface area contributed by atoms with Gasteiger partial charge in [-0.2, -0.15) is 5.10 Å². The SMILES string of the molecule is CC(C)(C)[Si](C)(C)O[C@H]1C[C@H](c2cn3nc(C4CC4)ccc3n2)N(c2cc(NC(=O)C3CC3c3cccc(Cl)c3)ncn2)C1. The minimum atomic E-state index is -2.02. The lowest BCUT2D eigenvalue weighted by Crippen LogP contribution is -2.44. The molecule has 0 spiro atoms. The van der Waals surface area contributed by atoms with Gasteiger partial charge in [0.2, 0.25) is 5.91 Å². The second kappa shape index (κ2) is 10.9. The van der Waals surface area contributed by atoms with E-state index in [0.29, 0.717) is 23.3 Å². The van der Waals surface area contributed by atoms with Crippen molar-refractivity contribution in [2.24, 2.45) is 5.92 Å². The van der Waals surface area contributed by atoms with Crippen LogP contribution in [-0.2, 0) is 9.22 Å². The lowest BCUT2D eigenvalue weighted by molar-refractivity contribution is -0.117. The van der Waals surface area contributed by atoms with E-state index >= 15 is 0 Å². The van der Waals surface area contributed by atoms with Crippen molar-refractivity contribution in [3.05, 3.63) is 77.0 Å². The van der Waals surface area contributed by atoms with E-state index in [-0.39, 0.29) is 34.9 Å². The Labute approximate surface area is 264 Å². The Kier molecular flexibility index (Phi) is 7.29. The van der Waals surface area contributed by atoms with E-state index in [1.54, 1.807) is 0 Å². The summed E-state index contributed by atoms with van der Waals surface area (Å²) in [4.78, 5) is 29.5. The Balaban J connectivity index is 1.14. The summed E-state index contributed by atoms with van der Waals surface area (Å²) in [5.41, 5.74) is 4.01. The van der Waals surface area contributed by atoms with Crippen LogP contribution in [0.4, 0.5) is 11.6 Å². The van der Waals surface area contributed by atoms with Crippen LogP contribution in [0.1, 0.15) is 81.3 Å². The van der Waals surface area contributed by atoms with Gasteiger partial charge in [0.1, 0.15) is 18.0 Å². The summed E-state index contributed by atoms with van der Waals surface area (Å²) in [7, 11) is -2.02. The van der Waals surface area contributed by atoms with Crippen LogP contribution in [0.3, 0.4) is 0 Å². The van der Waals surface area contributed by atoms with Gasteiger partial charge in [0.05, 0.1) is 29.7 Å². The Morgan fingerprint density at radius 2 is 1.89 bits per heavy atom. The molecule has 3 aromatic heterocycles. The first-order valence-electron chi connectivity index (χ1n) is 15.6. The molecule has 3 fully saturated rings. The van der Waals surface area contributed by atoms with E-state index in [1.165, 1.54) is 19.2 Å². The average Bonchev–Trinajstić information content (AvgIpc) is 3.89. The first-order valence-corrected chi connectivity index (χ1v) is 18.9. The van der Waals surface area contributed by atoms with E-state index in [0.717, 1.165) is 41.3 Å². The molecule has 2 unspecified atom stereocenters. The highest BCUT2D eigenvalue weighted by atomic mass is 35.5. The third kappa shape index (κ3) is 5.87. The number of anilines is 2. The highest BCUT2D eigenvalue weighted by Gasteiger charge is 2.45. The first kappa shape index (κ1) is 29.4. The smallest absolute Gasteiger partial charge is 0.229 e. The lowest BCUT2D eigenvalue weighted by Gasteiger charge is -2.38. The van der Waals surface area contributed by atoms with Gasteiger partial charge in [-0.15, -0.1) is 0 Å². The number of hydrogen-bond donors (Lipinski definition) is 1. The molecule has 1 saturated heterocycles. The number of carbonyl (C=O) groups is 1. The fraction of sp³-hybridized carbons (Fsp3) is 0.485. The number of halogens is 1. The topological polar surface area (TPSA) is 97.5 Å². The zero-order valence-electron chi connectivity index (χ0n) is 26.0. The summed E-state index contributed by atoms with van der Waals surface area (Å²) in [5.74, 6) is 1.86. The van der Waals surface area contributed by atoms with Crippen molar-refractivity contribution in [2.75, 3.05) is 16.8 Å². The summed E-state index contributed by atoms with van der Waals surface area (Å²) in [6.45, 7) is 12.1. The summed E-state index contributed by atoms with van der Waals surface area (Å²) >= 11 is 6.18. The molecule has 7 rings (SSSR count). The number of fused-ring (bicyclic) bond motifs is 1. The normalized spacial score (nSPS) is 23.7. The fourth-order valence-corrected chi connectivity index (χ4v) is 7.62. The molecule has 0 radical (unpaired) electrons. The second-order valence-electron chi connectivity index (χ2n) is 14.2. The fourth-order valence-electron chi connectivity index (χ4n) is 6.06.